The molecule has 2 N–H and O–H groups in total. The predicted octanol–water partition coefficient (Wildman–Crippen LogP) is 2.56. The monoisotopic (exact) mass is 201 g/mol. The van der Waals surface area contributed by atoms with Gasteiger partial charge in [0.05, 0.1) is 6.10 Å². The lowest BCUT2D eigenvalue weighted by atomic mass is 9.87. The van der Waals surface area contributed by atoms with Crippen LogP contribution in [0, 0.1) is 5.41 Å². The van der Waals surface area contributed by atoms with Crippen LogP contribution in [0.5, 0.6) is 0 Å². The zero-order valence-electron chi connectivity index (χ0n) is 10.3. The van der Waals surface area contributed by atoms with Gasteiger partial charge in [0, 0.05) is 13.1 Å². The summed E-state index contributed by atoms with van der Waals surface area (Å²) in [6.07, 6.45) is 4.98. The topological polar surface area (TPSA) is 32.3 Å². The maximum absolute atomic E-state index is 9.10. The van der Waals surface area contributed by atoms with Gasteiger partial charge < -0.3 is 10.4 Å². The Morgan fingerprint density at radius 1 is 1.29 bits per heavy atom. The highest BCUT2D eigenvalue weighted by molar-refractivity contribution is 4.72. The average molecular weight is 201 g/mol. The van der Waals surface area contributed by atoms with E-state index in [0.29, 0.717) is 12.0 Å². The van der Waals surface area contributed by atoms with Gasteiger partial charge in [0.2, 0.25) is 0 Å². The smallest absolute Gasteiger partial charge is 0.0636 e. The molecule has 0 aromatic heterocycles. The van der Waals surface area contributed by atoms with Gasteiger partial charge in [-0.2, -0.15) is 0 Å². The molecular weight excluding hydrogens is 174 g/mol. The standard InChI is InChI=1S/C12H27NO/c1-5-6-7-8-12(3,4)10-13-9-11(2)14/h11,13-14H,5-10H2,1-4H3/t11-/m1/s1. The number of hydrogen-bond acceptors (Lipinski definition) is 2. The lowest BCUT2D eigenvalue weighted by Gasteiger charge is -2.25. The zero-order valence-corrected chi connectivity index (χ0v) is 10.3. The molecule has 0 heterocycles. The van der Waals surface area contributed by atoms with Gasteiger partial charge in [-0.3, -0.25) is 0 Å². The number of nitrogens with one attached hydrogen (secondary N) is 1. The molecule has 0 fully saturated rings. The Morgan fingerprint density at radius 2 is 1.93 bits per heavy atom. The van der Waals surface area contributed by atoms with E-state index in [1.807, 2.05) is 6.92 Å². The van der Waals surface area contributed by atoms with Crippen molar-refractivity contribution in [2.75, 3.05) is 13.1 Å². The summed E-state index contributed by atoms with van der Waals surface area (Å²) >= 11 is 0. The summed E-state index contributed by atoms with van der Waals surface area (Å²) in [5.41, 5.74) is 0.365. The summed E-state index contributed by atoms with van der Waals surface area (Å²) in [6.45, 7) is 10.3. The third-order valence-electron chi connectivity index (χ3n) is 2.50. The fourth-order valence-electron chi connectivity index (χ4n) is 1.56. The molecule has 0 radical (unpaired) electrons. The molecule has 0 saturated carbocycles. The van der Waals surface area contributed by atoms with E-state index < -0.39 is 0 Å². The van der Waals surface area contributed by atoms with Crippen LogP contribution in [0.2, 0.25) is 0 Å². The van der Waals surface area contributed by atoms with Crippen LogP contribution in [0.1, 0.15) is 53.4 Å². The molecule has 0 aliphatic heterocycles. The number of aliphatic hydroxyl groups is 1. The fraction of sp³-hybridized carbons (Fsp3) is 1.00. The highest BCUT2D eigenvalue weighted by Gasteiger charge is 2.16. The zero-order chi connectivity index (χ0) is 11.0. The lowest BCUT2D eigenvalue weighted by Crippen LogP contribution is -2.33. The van der Waals surface area contributed by atoms with Crippen molar-refractivity contribution in [3.05, 3.63) is 0 Å². The molecule has 0 rings (SSSR count). The molecule has 86 valence electrons. The molecule has 1 atom stereocenters. The SMILES string of the molecule is CCCCCC(C)(C)CNC[C@@H](C)O. The van der Waals surface area contributed by atoms with E-state index in [2.05, 4.69) is 26.1 Å². The van der Waals surface area contributed by atoms with Gasteiger partial charge in [0.25, 0.3) is 0 Å². The summed E-state index contributed by atoms with van der Waals surface area (Å²) in [5.74, 6) is 0. The molecule has 0 unspecified atom stereocenters. The Balaban J connectivity index is 3.50. The van der Waals surface area contributed by atoms with E-state index in [1.165, 1.54) is 25.7 Å². The van der Waals surface area contributed by atoms with Gasteiger partial charge in [-0.1, -0.05) is 40.0 Å². The molecular formula is C12H27NO. The second kappa shape index (κ2) is 7.24. The van der Waals surface area contributed by atoms with Crippen molar-refractivity contribution in [2.45, 2.75) is 59.5 Å². The minimum Gasteiger partial charge on any atom is -0.392 e. The first-order valence-electron chi connectivity index (χ1n) is 5.87. The van der Waals surface area contributed by atoms with E-state index >= 15 is 0 Å². The van der Waals surface area contributed by atoms with Crippen LogP contribution in [0.25, 0.3) is 0 Å². The van der Waals surface area contributed by atoms with Crippen molar-refractivity contribution in [1.82, 2.24) is 5.32 Å². The molecule has 0 aliphatic carbocycles. The average Bonchev–Trinajstić information content (AvgIpc) is 2.03. The summed E-state index contributed by atoms with van der Waals surface area (Å²) in [7, 11) is 0. The van der Waals surface area contributed by atoms with Gasteiger partial charge in [-0.25, -0.2) is 0 Å². The third kappa shape index (κ3) is 8.52. The Labute approximate surface area is 89.1 Å². The largest absolute Gasteiger partial charge is 0.392 e. The van der Waals surface area contributed by atoms with Crippen LogP contribution in [0.4, 0.5) is 0 Å². The molecule has 14 heavy (non-hydrogen) atoms. The number of aliphatic hydroxyl groups excluding tert-OH is 1. The quantitative estimate of drug-likeness (QED) is 0.592. The van der Waals surface area contributed by atoms with E-state index in [9.17, 15) is 0 Å². The van der Waals surface area contributed by atoms with Crippen LogP contribution in [-0.2, 0) is 0 Å². The molecule has 0 aromatic rings. The summed E-state index contributed by atoms with van der Waals surface area (Å²) in [4.78, 5) is 0. The summed E-state index contributed by atoms with van der Waals surface area (Å²) < 4.78 is 0. The van der Waals surface area contributed by atoms with Crippen LogP contribution < -0.4 is 5.32 Å². The molecule has 0 aromatic carbocycles. The van der Waals surface area contributed by atoms with Crippen molar-refractivity contribution in [3.63, 3.8) is 0 Å². The number of rotatable bonds is 8. The molecule has 2 heteroatoms. The maximum atomic E-state index is 9.10. The van der Waals surface area contributed by atoms with Crippen molar-refractivity contribution < 1.29 is 5.11 Å². The van der Waals surface area contributed by atoms with Gasteiger partial charge in [0.15, 0.2) is 0 Å². The minimum absolute atomic E-state index is 0.235. The van der Waals surface area contributed by atoms with Crippen LogP contribution >= 0.6 is 0 Å². The first-order valence-corrected chi connectivity index (χ1v) is 5.87. The van der Waals surface area contributed by atoms with Crippen LogP contribution in [0.3, 0.4) is 0 Å². The highest BCUT2D eigenvalue weighted by atomic mass is 16.3. The molecule has 0 aliphatic rings. The van der Waals surface area contributed by atoms with Crippen molar-refractivity contribution >= 4 is 0 Å². The Kier molecular flexibility index (Phi) is 7.20. The second-order valence-electron chi connectivity index (χ2n) is 5.10. The van der Waals surface area contributed by atoms with Gasteiger partial charge in [0.1, 0.15) is 0 Å². The summed E-state index contributed by atoms with van der Waals surface area (Å²) in [6, 6.07) is 0. The Morgan fingerprint density at radius 3 is 2.43 bits per heavy atom. The highest BCUT2D eigenvalue weighted by Crippen LogP contribution is 2.22. The van der Waals surface area contributed by atoms with E-state index in [4.69, 9.17) is 5.11 Å². The third-order valence-corrected chi connectivity index (χ3v) is 2.50. The van der Waals surface area contributed by atoms with Crippen molar-refractivity contribution in [3.8, 4) is 0 Å². The maximum Gasteiger partial charge on any atom is 0.0636 e. The summed E-state index contributed by atoms with van der Waals surface area (Å²) in [5, 5.41) is 12.4. The van der Waals surface area contributed by atoms with E-state index in [1.54, 1.807) is 0 Å². The van der Waals surface area contributed by atoms with Gasteiger partial charge >= 0.3 is 0 Å². The van der Waals surface area contributed by atoms with Crippen molar-refractivity contribution in [2.24, 2.45) is 5.41 Å². The van der Waals surface area contributed by atoms with E-state index in [0.717, 1.165) is 6.54 Å². The number of hydrogen-bond donors (Lipinski definition) is 2. The van der Waals surface area contributed by atoms with Crippen LogP contribution in [0.15, 0.2) is 0 Å². The fourth-order valence-corrected chi connectivity index (χ4v) is 1.56. The van der Waals surface area contributed by atoms with Crippen molar-refractivity contribution in [1.29, 1.82) is 0 Å². The Bertz CT molecular complexity index is 132. The minimum atomic E-state index is -0.235. The lowest BCUT2D eigenvalue weighted by molar-refractivity contribution is 0.182. The second-order valence-corrected chi connectivity index (χ2v) is 5.10. The molecule has 0 amide bonds. The predicted molar refractivity (Wildman–Crippen MR) is 62.5 cm³/mol. The van der Waals surface area contributed by atoms with E-state index in [-0.39, 0.29) is 6.10 Å². The van der Waals surface area contributed by atoms with Gasteiger partial charge in [-0.05, 0) is 18.8 Å². The van der Waals surface area contributed by atoms with Crippen LogP contribution in [-0.4, -0.2) is 24.3 Å². The van der Waals surface area contributed by atoms with Gasteiger partial charge in [-0.15, -0.1) is 0 Å². The Hall–Kier alpha value is -0.0800. The first kappa shape index (κ1) is 13.9. The molecule has 2 nitrogen and oxygen atoms in total. The first-order chi connectivity index (χ1) is 6.48. The molecule has 0 bridgehead atoms. The molecule has 0 spiro atoms. The molecule has 0 saturated heterocycles. The normalized spacial score (nSPS) is 14.4. The number of unbranched alkanes of at least 4 members (excludes halogenated alkanes) is 2.